The van der Waals surface area contributed by atoms with Crippen molar-refractivity contribution >= 4 is 11.4 Å². The first kappa shape index (κ1) is 15.4. The van der Waals surface area contributed by atoms with Crippen LogP contribution in [-0.4, -0.2) is 37.8 Å². The van der Waals surface area contributed by atoms with Crippen LogP contribution in [-0.2, 0) is 14.3 Å². The van der Waals surface area contributed by atoms with Crippen LogP contribution in [0.5, 0.6) is 5.75 Å². The molecule has 5 nitrogen and oxygen atoms in total. The lowest BCUT2D eigenvalue weighted by Gasteiger charge is -2.17. The third-order valence-electron chi connectivity index (χ3n) is 3.95. The van der Waals surface area contributed by atoms with Crippen molar-refractivity contribution in [2.24, 2.45) is 0 Å². The van der Waals surface area contributed by atoms with Crippen molar-refractivity contribution in [3.05, 3.63) is 58.6 Å². The van der Waals surface area contributed by atoms with E-state index >= 15 is 0 Å². The number of aliphatic hydroxyl groups excluding tert-OH is 1. The van der Waals surface area contributed by atoms with Gasteiger partial charge in [0.05, 0.1) is 20.8 Å². The Hall–Kier alpha value is -2.53. The van der Waals surface area contributed by atoms with Crippen molar-refractivity contribution < 1.29 is 24.1 Å². The first-order valence-electron chi connectivity index (χ1n) is 7.27. The maximum atomic E-state index is 12.1. The number of carbonyl (C=O) groups excluding carboxylic acids is 1. The van der Waals surface area contributed by atoms with Crippen LogP contribution in [0.3, 0.4) is 0 Å². The lowest BCUT2D eigenvalue weighted by Crippen LogP contribution is -2.20. The largest absolute Gasteiger partial charge is 0.492 e. The molecule has 5 heteroatoms. The van der Waals surface area contributed by atoms with Crippen LogP contribution < -0.4 is 4.74 Å². The number of Topliss-reactive ketones (excluding diaryl/α,β-unsaturated/α-hetero) is 1. The smallest absolute Gasteiger partial charge is 0.261 e. The zero-order chi connectivity index (χ0) is 16.6. The summed E-state index contributed by atoms with van der Waals surface area (Å²) in [5, 5.41) is 9.68. The fraction of sp³-hybridized carbons (Fsp3) is 0.278. The summed E-state index contributed by atoms with van der Waals surface area (Å²) in [5.41, 5.74) is 3.55. The van der Waals surface area contributed by atoms with E-state index in [-0.39, 0.29) is 23.9 Å². The highest BCUT2D eigenvalue weighted by Crippen LogP contribution is 2.41. The Bertz CT molecular complexity index is 729. The SMILES string of the molecule is COC1=CC(=C2c3cc(C)ccc3OC2CO)C=C(OC)C1=O. The molecule has 1 aliphatic carbocycles. The van der Waals surface area contributed by atoms with E-state index in [1.54, 1.807) is 12.2 Å². The molecule has 3 rings (SSSR count). The number of benzene rings is 1. The number of hydrogen-bond acceptors (Lipinski definition) is 5. The second-order valence-corrected chi connectivity index (χ2v) is 5.41. The molecule has 1 atom stereocenters. The molecule has 1 aliphatic heterocycles. The molecule has 0 fully saturated rings. The molecule has 1 heterocycles. The van der Waals surface area contributed by atoms with E-state index in [4.69, 9.17) is 14.2 Å². The van der Waals surface area contributed by atoms with Crippen LogP contribution in [0.2, 0.25) is 0 Å². The van der Waals surface area contributed by atoms with Gasteiger partial charge in [-0.2, -0.15) is 0 Å². The van der Waals surface area contributed by atoms with Gasteiger partial charge in [-0.05, 0) is 36.8 Å². The van der Waals surface area contributed by atoms with Crippen molar-refractivity contribution in [3.8, 4) is 5.75 Å². The number of ether oxygens (including phenoxy) is 3. The topological polar surface area (TPSA) is 65.0 Å². The maximum absolute atomic E-state index is 12.1. The number of carbonyl (C=O) groups is 1. The number of aliphatic hydroxyl groups is 1. The summed E-state index contributed by atoms with van der Waals surface area (Å²) in [5.74, 6) is 0.811. The van der Waals surface area contributed by atoms with Crippen LogP contribution in [0.25, 0.3) is 5.57 Å². The summed E-state index contributed by atoms with van der Waals surface area (Å²) < 4.78 is 16.1. The van der Waals surface area contributed by atoms with Gasteiger partial charge in [0.2, 0.25) is 0 Å². The lowest BCUT2D eigenvalue weighted by atomic mass is 9.92. The average Bonchev–Trinajstić information content (AvgIpc) is 2.92. The minimum absolute atomic E-state index is 0.160. The highest BCUT2D eigenvalue weighted by Gasteiger charge is 2.32. The van der Waals surface area contributed by atoms with Gasteiger partial charge in [0.15, 0.2) is 11.5 Å². The van der Waals surface area contributed by atoms with Crippen LogP contribution in [0, 0.1) is 6.92 Å². The van der Waals surface area contributed by atoms with Crippen molar-refractivity contribution in [1.29, 1.82) is 0 Å². The highest BCUT2D eigenvalue weighted by molar-refractivity contribution is 6.08. The molecule has 120 valence electrons. The average molecular weight is 314 g/mol. The Labute approximate surface area is 134 Å². The molecule has 1 unspecified atom stereocenters. The van der Waals surface area contributed by atoms with Gasteiger partial charge in [-0.15, -0.1) is 0 Å². The van der Waals surface area contributed by atoms with Gasteiger partial charge in [0.25, 0.3) is 5.78 Å². The summed E-state index contributed by atoms with van der Waals surface area (Å²) in [6.45, 7) is 1.83. The zero-order valence-corrected chi connectivity index (χ0v) is 13.3. The third kappa shape index (κ3) is 2.53. The number of hydrogen-bond donors (Lipinski definition) is 1. The second kappa shape index (κ2) is 5.93. The molecule has 0 bridgehead atoms. The van der Waals surface area contributed by atoms with Crippen molar-refractivity contribution in [2.45, 2.75) is 13.0 Å². The molecule has 0 radical (unpaired) electrons. The Kier molecular flexibility index (Phi) is 3.96. The molecule has 0 spiro atoms. The van der Waals surface area contributed by atoms with Crippen LogP contribution in [0.15, 0.2) is 47.4 Å². The number of aryl methyl sites for hydroxylation is 1. The molecule has 0 aromatic heterocycles. The zero-order valence-electron chi connectivity index (χ0n) is 13.3. The van der Waals surface area contributed by atoms with Crippen LogP contribution in [0.1, 0.15) is 11.1 Å². The Balaban J connectivity index is 2.23. The predicted octanol–water partition coefficient (Wildman–Crippen LogP) is 2.15. The molecule has 1 N–H and O–H groups in total. The molecule has 1 aromatic carbocycles. The Morgan fingerprint density at radius 1 is 1.17 bits per heavy atom. The van der Waals surface area contributed by atoms with Gasteiger partial charge in [-0.1, -0.05) is 11.6 Å². The number of allylic oxidation sites excluding steroid dienone is 3. The van der Waals surface area contributed by atoms with E-state index < -0.39 is 6.10 Å². The normalized spacial score (nSPS) is 19.8. The van der Waals surface area contributed by atoms with E-state index in [0.29, 0.717) is 5.75 Å². The molecule has 1 aromatic rings. The van der Waals surface area contributed by atoms with Gasteiger partial charge in [0.1, 0.15) is 11.9 Å². The Morgan fingerprint density at radius 2 is 1.83 bits per heavy atom. The van der Waals surface area contributed by atoms with Crippen molar-refractivity contribution in [1.82, 2.24) is 0 Å². The van der Waals surface area contributed by atoms with Gasteiger partial charge in [-0.25, -0.2) is 0 Å². The highest BCUT2D eigenvalue weighted by atomic mass is 16.5. The molecule has 2 aliphatic rings. The van der Waals surface area contributed by atoms with Gasteiger partial charge in [-0.3, -0.25) is 4.79 Å². The predicted molar refractivity (Wildman–Crippen MR) is 84.8 cm³/mol. The van der Waals surface area contributed by atoms with Gasteiger partial charge >= 0.3 is 0 Å². The summed E-state index contributed by atoms with van der Waals surface area (Å²) in [6.07, 6.45) is 2.83. The first-order chi connectivity index (χ1) is 11.1. The number of rotatable bonds is 3. The first-order valence-corrected chi connectivity index (χ1v) is 7.27. The van der Waals surface area contributed by atoms with Crippen LogP contribution in [0.4, 0.5) is 0 Å². The van der Waals surface area contributed by atoms with E-state index in [9.17, 15) is 9.90 Å². The second-order valence-electron chi connectivity index (χ2n) is 5.41. The van der Waals surface area contributed by atoms with E-state index in [0.717, 1.165) is 22.3 Å². The van der Waals surface area contributed by atoms with Gasteiger partial charge < -0.3 is 19.3 Å². The number of ketones is 1. The van der Waals surface area contributed by atoms with Crippen LogP contribution >= 0.6 is 0 Å². The quantitative estimate of drug-likeness (QED) is 0.926. The lowest BCUT2D eigenvalue weighted by molar-refractivity contribution is -0.117. The van der Waals surface area contributed by atoms with Crippen molar-refractivity contribution in [2.75, 3.05) is 20.8 Å². The fourth-order valence-electron chi connectivity index (χ4n) is 2.85. The van der Waals surface area contributed by atoms with E-state index in [2.05, 4.69) is 0 Å². The standard InChI is InChI=1S/C18H18O5/c1-10-4-5-13-12(6-10)17(16(9-19)23-13)11-7-14(21-2)18(20)15(8-11)22-3/h4-8,16,19H,9H2,1-3H3. The molecular formula is C18H18O5. The summed E-state index contributed by atoms with van der Waals surface area (Å²) in [7, 11) is 2.88. The molecular weight excluding hydrogens is 296 g/mol. The third-order valence-corrected chi connectivity index (χ3v) is 3.95. The fourth-order valence-corrected chi connectivity index (χ4v) is 2.85. The van der Waals surface area contributed by atoms with E-state index in [1.165, 1.54) is 14.2 Å². The molecule has 0 saturated carbocycles. The summed E-state index contributed by atoms with van der Waals surface area (Å²) in [6, 6.07) is 5.85. The minimum Gasteiger partial charge on any atom is -0.492 e. The van der Waals surface area contributed by atoms with Crippen molar-refractivity contribution in [3.63, 3.8) is 0 Å². The maximum Gasteiger partial charge on any atom is 0.261 e. The number of fused-ring (bicyclic) bond motifs is 1. The number of methoxy groups -OCH3 is 2. The molecule has 23 heavy (non-hydrogen) atoms. The monoisotopic (exact) mass is 314 g/mol. The van der Waals surface area contributed by atoms with E-state index in [1.807, 2.05) is 25.1 Å². The summed E-state index contributed by atoms with van der Waals surface area (Å²) >= 11 is 0. The minimum atomic E-state index is -0.487. The summed E-state index contributed by atoms with van der Waals surface area (Å²) in [4.78, 5) is 12.1. The Morgan fingerprint density at radius 3 is 2.39 bits per heavy atom. The molecule has 0 amide bonds. The van der Waals surface area contributed by atoms with Gasteiger partial charge in [0, 0.05) is 11.1 Å². The molecule has 0 saturated heterocycles.